The van der Waals surface area contributed by atoms with Gasteiger partial charge in [0, 0.05) is 5.39 Å². The molecule has 0 N–H and O–H groups in total. The lowest BCUT2D eigenvalue weighted by atomic mass is 9.96. The van der Waals surface area contributed by atoms with Crippen LogP contribution in [0, 0.1) is 5.92 Å². The molecule has 0 radical (unpaired) electrons. The molecule has 21 heavy (non-hydrogen) atoms. The summed E-state index contributed by atoms with van der Waals surface area (Å²) in [4.78, 5) is 11.4. The molecule has 0 aromatic carbocycles. The minimum absolute atomic E-state index is 0.137. The largest absolute Gasteiger partial charge is 0.391 e. The van der Waals surface area contributed by atoms with E-state index in [2.05, 4.69) is 9.97 Å². The van der Waals surface area contributed by atoms with Crippen LogP contribution in [0.25, 0.3) is 10.2 Å². The number of rotatable bonds is 2. The molecule has 3 rings (SSSR count). The van der Waals surface area contributed by atoms with Crippen LogP contribution in [0.15, 0.2) is 11.4 Å². The molecule has 1 aliphatic rings. The molecule has 0 spiro atoms. The first-order valence-corrected chi connectivity index (χ1v) is 7.88. The average Bonchev–Trinajstić information content (AvgIpc) is 2.87. The first kappa shape index (κ1) is 15.0. The molecule has 2 aromatic rings. The molecule has 8 heteroatoms. The number of nitrogens with zero attached hydrogens (tertiary/aromatic N) is 3. The third-order valence-corrected chi connectivity index (χ3v) is 4.84. The first-order chi connectivity index (χ1) is 9.93. The zero-order chi connectivity index (χ0) is 15.0. The van der Waals surface area contributed by atoms with E-state index in [0.29, 0.717) is 30.6 Å². The number of aromatic nitrogens is 2. The lowest BCUT2D eigenvalue weighted by Crippen LogP contribution is -2.38. The maximum Gasteiger partial charge on any atom is 0.391 e. The average molecular weight is 336 g/mol. The molecule has 0 bridgehead atoms. The van der Waals surface area contributed by atoms with E-state index in [-0.39, 0.29) is 12.8 Å². The molecule has 1 fully saturated rings. The van der Waals surface area contributed by atoms with E-state index in [0.717, 1.165) is 10.2 Å². The molecular formula is C13H13ClF3N3S. The molecule has 0 unspecified atom stereocenters. The van der Waals surface area contributed by atoms with Crippen LogP contribution in [0.2, 0.25) is 5.15 Å². The summed E-state index contributed by atoms with van der Waals surface area (Å²) in [5, 5.41) is 3.12. The molecular weight excluding hydrogens is 323 g/mol. The molecule has 0 saturated carbocycles. The fourth-order valence-electron chi connectivity index (χ4n) is 2.55. The molecule has 1 saturated heterocycles. The second kappa shape index (κ2) is 5.70. The van der Waals surface area contributed by atoms with Crippen molar-refractivity contribution in [3.63, 3.8) is 0 Å². The van der Waals surface area contributed by atoms with Gasteiger partial charge >= 0.3 is 6.18 Å². The van der Waals surface area contributed by atoms with E-state index in [1.807, 2.05) is 16.3 Å². The van der Waals surface area contributed by atoms with Crippen LogP contribution in [-0.2, 0) is 6.54 Å². The summed E-state index contributed by atoms with van der Waals surface area (Å²) in [5.41, 5.74) is 0. The predicted molar refractivity (Wildman–Crippen MR) is 76.5 cm³/mol. The third kappa shape index (κ3) is 3.30. The van der Waals surface area contributed by atoms with Crippen LogP contribution >= 0.6 is 22.9 Å². The van der Waals surface area contributed by atoms with Crippen molar-refractivity contribution in [3.05, 3.63) is 22.4 Å². The van der Waals surface area contributed by atoms with Gasteiger partial charge in [-0.15, -0.1) is 11.3 Å². The van der Waals surface area contributed by atoms with Gasteiger partial charge in [0.05, 0.1) is 12.5 Å². The van der Waals surface area contributed by atoms with Crippen LogP contribution in [-0.4, -0.2) is 34.1 Å². The fraction of sp³-hybridized carbons (Fsp3) is 0.538. The number of piperidine rings is 1. The lowest BCUT2D eigenvalue weighted by Gasteiger charge is -2.32. The van der Waals surface area contributed by atoms with Crippen molar-refractivity contribution < 1.29 is 13.2 Å². The molecule has 3 nitrogen and oxygen atoms in total. The maximum absolute atomic E-state index is 12.6. The smallest absolute Gasteiger partial charge is 0.296 e. The summed E-state index contributed by atoms with van der Waals surface area (Å²) in [6, 6.07) is 1.86. The Morgan fingerprint density at radius 3 is 2.67 bits per heavy atom. The molecule has 1 aliphatic heterocycles. The van der Waals surface area contributed by atoms with Gasteiger partial charge in [-0.3, -0.25) is 4.90 Å². The van der Waals surface area contributed by atoms with Crippen molar-refractivity contribution in [2.75, 3.05) is 13.1 Å². The first-order valence-electron chi connectivity index (χ1n) is 6.62. The zero-order valence-electron chi connectivity index (χ0n) is 11.0. The van der Waals surface area contributed by atoms with Gasteiger partial charge in [-0.2, -0.15) is 13.2 Å². The molecule has 0 amide bonds. The van der Waals surface area contributed by atoms with Crippen molar-refractivity contribution in [1.29, 1.82) is 0 Å². The van der Waals surface area contributed by atoms with Gasteiger partial charge in [0.1, 0.15) is 15.8 Å². The van der Waals surface area contributed by atoms with Crippen LogP contribution < -0.4 is 0 Å². The van der Waals surface area contributed by atoms with Crippen molar-refractivity contribution in [2.45, 2.75) is 25.6 Å². The number of alkyl halides is 3. The Kier molecular flexibility index (Phi) is 4.07. The van der Waals surface area contributed by atoms with Gasteiger partial charge in [-0.05, 0) is 37.4 Å². The number of fused-ring (bicyclic) bond motifs is 1. The number of hydrogen-bond acceptors (Lipinski definition) is 4. The van der Waals surface area contributed by atoms with E-state index in [9.17, 15) is 13.2 Å². The number of thiophene rings is 1. The van der Waals surface area contributed by atoms with Gasteiger partial charge < -0.3 is 0 Å². The van der Waals surface area contributed by atoms with E-state index in [1.54, 1.807) is 0 Å². The minimum Gasteiger partial charge on any atom is -0.296 e. The lowest BCUT2D eigenvalue weighted by molar-refractivity contribution is -0.185. The van der Waals surface area contributed by atoms with Gasteiger partial charge in [0.2, 0.25) is 0 Å². The van der Waals surface area contributed by atoms with Gasteiger partial charge in [0.15, 0.2) is 0 Å². The van der Waals surface area contributed by atoms with Crippen molar-refractivity contribution in [2.24, 2.45) is 5.92 Å². The monoisotopic (exact) mass is 335 g/mol. The predicted octanol–water partition coefficient (Wildman–Crippen LogP) is 4.12. The standard InChI is InChI=1S/C13H13ClF3N3S/c14-11-9-3-6-21-12(9)19-10(18-11)7-20-4-1-8(2-5-20)13(15,16)17/h3,6,8H,1-2,4-5,7H2. The summed E-state index contributed by atoms with van der Waals surface area (Å²) in [5.74, 6) is -0.613. The van der Waals surface area contributed by atoms with Gasteiger partial charge in [-0.1, -0.05) is 11.6 Å². The highest BCUT2D eigenvalue weighted by Gasteiger charge is 2.41. The van der Waals surface area contributed by atoms with Crippen LogP contribution in [0.5, 0.6) is 0 Å². The highest BCUT2D eigenvalue weighted by Crippen LogP contribution is 2.34. The Labute approximate surface area is 128 Å². The second-order valence-corrected chi connectivity index (χ2v) is 6.41. The van der Waals surface area contributed by atoms with E-state index in [1.165, 1.54) is 11.3 Å². The van der Waals surface area contributed by atoms with E-state index in [4.69, 9.17) is 11.6 Å². The molecule has 2 aromatic heterocycles. The summed E-state index contributed by atoms with van der Waals surface area (Å²) in [6.07, 6.45) is -3.81. The van der Waals surface area contributed by atoms with E-state index >= 15 is 0 Å². The van der Waals surface area contributed by atoms with Crippen LogP contribution in [0.4, 0.5) is 13.2 Å². The van der Waals surface area contributed by atoms with Gasteiger partial charge in [0.25, 0.3) is 0 Å². The number of hydrogen-bond donors (Lipinski definition) is 0. The Balaban J connectivity index is 1.67. The number of likely N-dealkylation sites (tertiary alicyclic amines) is 1. The van der Waals surface area contributed by atoms with Crippen molar-refractivity contribution >= 4 is 33.2 Å². The zero-order valence-corrected chi connectivity index (χ0v) is 12.6. The minimum atomic E-state index is -4.08. The molecule has 0 atom stereocenters. The van der Waals surface area contributed by atoms with Crippen molar-refractivity contribution in [3.8, 4) is 0 Å². The normalized spacial score (nSPS) is 18.5. The Morgan fingerprint density at radius 1 is 1.29 bits per heavy atom. The van der Waals surface area contributed by atoms with Crippen LogP contribution in [0.1, 0.15) is 18.7 Å². The number of halogens is 4. The SMILES string of the molecule is FC(F)(F)C1CCN(Cc2nc(Cl)c3ccsc3n2)CC1. The van der Waals surface area contributed by atoms with Gasteiger partial charge in [-0.25, -0.2) is 9.97 Å². The Hall–Kier alpha value is -0.920. The summed E-state index contributed by atoms with van der Waals surface area (Å²) < 4.78 is 37.9. The molecule has 0 aliphatic carbocycles. The summed E-state index contributed by atoms with van der Waals surface area (Å²) in [6.45, 7) is 1.26. The quantitative estimate of drug-likeness (QED) is 0.773. The maximum atomic E-state index is 12.6. The third-order valence-electron chi connectivity index (χ3n) is 3.74. The summed E-state index contributed by atoms with van der Waals surface area (Å²) >= 11 is 7.57. The Morgan fingerprint density at radius 2 is 2.00 bits per heavy atom. The molecule has 114 valence electrons. The highest BCUT2D eigenvalue weighted by molar-refractivity contribution is 7.16. The van der Waals surface area contributed by atoms with Crippen molar-refractivity contribution in [1.82, 2.24) is 14.9 Å². The molecule has 3 heterocycles. The highest BCUT2D eigenvalue weighted by atomic mass is 35.5. The Bertz CT molecular complexity index is 635. The fourth-order valence-corrected chi connectivity index (χ4v) is 3.64. The topological polar surface area (TPSA) is 29.0 Å². The van der Waals surface area contributed by atoms with E-state index < -0.39 is 12.1 Å². The summed E-state index contributed by atoms with van der Waals surface area (Å²) in [7, 11) is 0. The second-order valence-electron chi connectivity index (χ2n) is 5.16. The van der Waals surface area contributed by atoms with Crippen LogP contribution in [0.3, 0.4) is 0 Å².